The Morgan fingerprint density at radius 1 is 1.35 bits per heavy atom. The van der Waals surface area contributed by atoms with Gasteiger partial charge in [-0.2, -0.15) is 0 Å². The Labute approximate surface area is 128 Å². The van der Waals surface area contributed by atoms with E-state index in [1.165, 1.54) is 0 Å². The molecule has 0 fully saturated rings. The van der Waals surface area contributed by atoms with Crippen LogP contribution in [0.2, 0.25) is 0 Å². The number of ether oxygens (including phenoxy) is 1. The zero-order chi connectivity index (χ0) is 13.2. The average Bonchev–Trinajstić information content (AvgIpc) is 2.19. The third-order valence-corrected chi connectivity index (χ3v) is 3.33. The zero-order valence-corrected chi connectivity index (χ0v) is 14.2. The lowest BCUT2D eigenvalue weighted by molar-refractivity contribution is 0.0363. The Bertz CT molecular complexity index is 436. The van der Waals surface area contributed by atoms with Crippen LogP contribution in [0.4, 0.5) is 0 Å². The Morgan fingerprint density at radius 2 is 1.94 bits per heavy atom. The van der Waals surface area contributed by atoms with E-state index in [2.05, 4.69) is 22.6 Å². The predicted octanol–water partition coefficient (Wildman–Crippen LogP) is 3.80. The molecule has 94 valence electrons. The van der Waals surface area contributed by atoms with E-state index < -0.39 is 5.97 Å². The molecule has 0 saturated carbocycles. The molecule has 17 heavy (non-hydrogen) atoms. The maximum Gasteiger partial charge on any atom is 0.342 e. The highest BCUT2D eigenvalue weighted by Crippen LogP contribution is 2.28. The molecule has 0 aliphatic carbocycles. The molecule has 5 heteroatoms. The van der Waals surface area contributed by atoms with Crippen molar-refractivity contribution in [2.75, 3.05) is 6.61 Å². The van der Waals surface area contributed by atoms with Crippen molar-refractivity contribution < 1.29 is 14.6 Å². The van der Waals surface area contributed by atoms with E-state index in [9.17, 15) is 9.90 Å². The van der Waals surface area contributed by atoms with Crippen LogP contribution < -0.4 is 0 Å². The van der Waals surface area contributed by atoms with Crippen molar-refractivity contribution in [2.45, 2.75) is 20.8 Å². The minimum absolute atomic E-state index is 0.00933. The van der Waals surface area contributed by atoms with Crippen LogP contribution in [-0.4, -0.2) is 17.7 Å². The van der Waals surface area contributed by atoms with Gasteiger partial charge in [-0.05, 0) is 62.7 Å². The molecule has 3 nitrogen and oxygen atoms in total. The smallest absolute Gasteiger partial charge is 0.342 e. The van der Waals surface area contributed by atoms with Gasteiger partial charge in [0.15, 0.2) is 0 Å². The van der Waals surface area contributed by atoms with Gasteiger partial charge in [0.2, 0.25) is 0 Å². The van der Waals surface area contributed by atoms with Crippen LogP contribution in [0.15, 0.2) is 12.1 Å². The van der Waals surface area contributed by atoms with Crippen LogP contribution in [-0.2, 0) is 4.74 Å². The van der Waals surface area contributed by atoms with Gasteiger partial charge in [0.05, 0.1) is 10.2 Å². The van der Waals surface area contributed by atoms with E-state index in [0.29, 0.717) is 10.2 Å². The van der Waals surface area contributed by atoms with Crippen molar-refractivity contribution in [3.8, 4) is 5.75 Å². The molecule has 0 amide bonds. The lowest BCUT2D eigenvalue weighted by Crippen LogP contribution is -2.18. The number of rotatable bonds is 2. The highest BCUT2D eigenvalue weighted by Gasteiger charge is 2.19. The predicted molar refractivity (Wildman–Crippen MR) is 83.3 cm³/mol. The molecule has 1 rings (SSSR count). The van der Waals surface area contributed by atoms with Crippen LogP contribution in [0.5, 0.6) is 5.75 Å². The van der Waals surface area contributed by atoms with E-state index in [1.54, 1.807) is 12.1 Å². The second-order valence-corrected chi connectivity index (χ2v) is 7.33. The number of hydrogen-bond donors (Lipinski definition) is 1. The maximum absolute atomic E-state index is 11.8. The second kappa shape index (κ2) is 5.73. The first-order chi connectivity index (χ1) is 7.70. The molecule has 0 spiro atoms. The zero-order valence-electron chi connectivity index (χ0n) is 9.88. The van der Waals surface area contributed by atoms with Gasteiger partial charge in [-0.1, -0.05) is 20.8 Å². The Balaban J connectivity index is 2.90. The Kier molecular flexibility index (Phi) is 5.06. The number of halogens is 2. The van der Waals surface area contributed by atoms with E-state index in [-0.39, 0.29) is 16.7 Å². The molecule has 1 aromatic carbocycles. The van der Waals surface area contributed by atoms with Crippen LogP contribution in [0, 0.1) is 12.6 Å². The minimum Gasteiger partial charge on any atom is -0.506 e. The molecule has 0 aliphatic rings. The van der Waals surface area contributed by atoms with Crippen molar-refractivity contribution >= 4 is 51.2 Å². The number of esters is 1. The summed E-state index contributed by atoms with van der Waals surface area (Å²) in [6.45, 7) is 6.28. The van der Waals surface area contributed by atoms with Crippen LogP contribution in [0.3, 0.4) is 0 Å². The average molecular weight is 460 g/mol. The highest BCUT2D eigenvalue weighted by molar-refractivity contribution is 14.1. The summed E-state index contributed by atoms with van der Waals surface area (Å²) in [5.74, 6) is -0.487. The van der Waals surface area contributed by atoms with Crippen molar-refractivity contribution in [2.24, 2.45) is 5.41 Å². The Morgan fingerprint density at radius 3 is 2.47 bits per heavy atom. The molecule has 0 saturated heterocycles. The summed E-state index contributed by atoms with van der Waals surface area (Å²) in [7, 11) is 0. The van der Waals surface area contributed by atoms with E-state index in [4.69, 9.17) is 4.74 Å². The standard InChI is InChI=1S/C12H14I2O3/c1-12(2,3)6-17-11(16)8-4-7(13)5-9(14)10(8)15/h4-5,15H,6H2,1-3H3. The van der Waals surface area contributed by atoms with Crippen molar-refractivity contribution in [3.05, 3.63) is 24.8 Å². The number of carbonyl (C=O) groups is 1. The fourth-order valence-corrected chi connectivity index (χ4v) is 2.93. The topological polar surface area (TPSA) is 46.5 Å². The van der Waals surface area contributed by atoms with Gasteiger partial charge in [0.25, 0.3) is 0 Å². The molecule has 1 aromatic rings. The summed E-state index contributed by atoms with van der Waals surface area (Å²) in [4.78, 5) is 11.8. The largest absolute Gasteiger partial charge is 0.506 e. The molecule has 0 aromatic heterocycles. The van der Waals surface area contributed by atoms with Crippen LogP contribution in [0.25, 0.3) is 0 Å². The van der Waals surface area contributed by atoms with E-state index in [1.807, 2.05) is 43.4 Å². The van der Waals surface area contributed by atoms with Gasteiger partial charge in [-0.25, -0.2) is 4.79 Å². The molecular formula is C12H14I2O3. The van der Waals surface area contributed by atoms with Gasteiger partial charge in [-0.15, -0.1) is 0 Å². The molecule has 0 heterocycles. The highest BCUT2D eigenvalue weighted by atomic mass is 127. The first kappa shape index (κ1) is 15.0. The molecular weight excluding hydrogens is 446 g/mol. The summed E-state index contributed by atoms with van der Waals surface area (Å²) in [6, 6.07) is 3.43. The third-order valence-electron chi connectivity index (χ3n) is 1.88. The van der Waals surface area contributed by atoms with Gasteiger partial charge in [0.1, 0.15) is 11.3 Å². The lowest BCUT2D eigenvalue weighted by Gasteiger charge is -2.18. The number of aromatic hydroxyl groups is 1. The number of phenolic OH excluding ortho intramolecular Hbond substituents is 1. The number of phenols is 1. The summed E-state index contributed by atoms with van der Waals surface area (Å²) < 4.78 is 6.72. The first-order valence-electron chi connectivity index (χ1n) is 5.06. The van der Waals surface area contributed by atoms with E-state index >= 15 is 0 Å². The number of carbonyl (C=O) groups excluding carboxylic acids is 1. The van der Waals surface area contributed by atoms with Crippen LogP contribution in [0.1, 0.15) is 31.1 Å². The van der Waals surface area contributed by atoms with Crippen molar-refractivity contribution in [1.29, 1.82) is 0 Å². The van der Waals surface area contributed by atoms with Crippen molar-refractivity contribution in [1.82, 2.24) is 0 Å². The maximum atomic E-state index is 11.8. The first-order valence-corrected chi connectivity index (χ1v) is 7.21. The molecule has 0 aliphatic heterocycles. The lowest BCUT2D eigenvalue weighted by atomic mass is 9.99. The number of benzene rings is 1. The van der Waals surface area contributed by atoms with Crippen molar-refractivity contribution in [3.63, 3.8) is 0 Å². The van der Waals surface area contributed by atoms with Gasteiger partial charge in [-0.3, -0.25) is 0 Å². The second-order valence-electron chi connectivity index (χ2n) is 4.92. The number of hydrogen-bond acceptors (Lipinski definition) is 3. The summed E-state index contributed by atoms with van der Waals surface area (Å²) in [5, 5.41) is 9.81. The summed E-state index contributed by atoms with van der Waals surface area (Å²) >= 11 is 4.09. The van der Waals surface area contributed by atoms with E-state index in [0.717, 1.165) is 3.57 Å². The minimum atomic E-state index is -0.478. The molecule has 0 bridgehead atoms. The normalized spacial score (nSPS) is 11.4. The molecule has 0 atom stereocenters. The quantitative estimate of drug-likeness (QED) is 0.540. The van der Waals surface area contributed by atoms with Gasteiger partial charge >= 0.3 is 5.97 Å². The third kappa shape index (κ3) is 4.61. The van der Waals surface area contributed by atoms with Gasteiger partial charge < -0.3 is 9.84 Å². The summed E-state index contributed by atoms with van der Waals surface area (Å²) in [6.07, 6.45) is 0. The Hall–Kier alpha value is -0.0500. The monoisotopic (exact) mass is 460 g/mol. The SMILES string of the molecule is CC(C)(C)COC(=O)c1cc(I)cc(I)c1O. The fourth-order valence-electron chi connectivity index (χ4n) is 1.08. The molecule has 0 unspecified atom stereocenters. The van der Waals surface area contributed by atoms with Crippen LogP contribution >= 0.6 is 45.2 Å². The molecule has 1 N–H and O–H groups in total. The fraction of sp³-hybridized carbons (Fsp3) is 0.417. The summed E-state index contributed by atoms with van der Waals surface area (Å²) in [5.41, 5.74) is 0.144. The molecule has 0 radical (unpaired) electrons. The van der Waals surface area contributed by atoms with Gasteiger partial charge in [0, 0.05) is 3.57 Å².